The van der Waals surface area contributed by atoms with Gasteiger partial charge in [-0.2, -0.15) is 5.10 Å². The topological polar surface area (TPSA) is 44.1 Å². The minimum atomic E-state index is -0.350. The minimum absolute atomic E-state index is 0.244. The number of ether oxygens (including phenoxy) is 1. The number of hydrogen-bond acceptors (Lipinski definition) is 3. The lowest BCUT2D eigenvalue weighted by molar-refractivity contribution is -0.146. The number of hydrogen-bond donors (Lipinski definition) is 0. The zero-order chi connectivity index (χ0) is 10.7. The normalized spacial score (nSPS) is 12.6. The Hall–Kier alpha value is -0.590. The molecule has 0 radical (unpaired) electrons. The lowest BCUT2D eigenvalue weighted by Gasteiger charge is -2.10. The third kappa shape index (κ3) is 2.46. The van der Waals surface area contributed by atoms with Crippen LogP contribution in [0.5, 0.6) is 0 Å². The zero-order valence-electron chi connectivity index (χ0n) is 8.45. The van der Waals surface area contributed by atoms with Crippen LogP contribution in [0.1, 0.15) is 25.6 Å². The van der Waals surface area contributed by atoms with E-state index in [1.807, 2.05) is 13.1 Å². The molecule has 0 fully saturated rings. The molecule has 0 aliphatic carbocycles. The van der Waals surface area contributed by atoms with Gasteiger partial charge in [0.1, 0.15) is 6.04 Å². The Labute approximate surface area is 96.8 Å². The molecular weight excluding hydrogens is 295 g/mol. The van der Waals surface area contributed by atoms with Crippen LogP contribution in [0.3, 0.4) is 0 Å². The number of aryl methyl sites for hydroxylation is 1. The fourth-order valence-electron chi connectivity index (χ4n) is 1.03. The second-order valence-electron chi connectivity index (χ2n) is 2.97. The number of esters is 1. The molecule has 1 aromatic heterocycles. The summed E-state index contributed by atoms with van der Waals surface area (Å²) in [5.41, 5.74) is 0.932. The monoisotopic (exact) mass is 308 g/mol. The molecule has 0 saturated heterocycles. The van der Waals surface area contributed by atoms with Crippen molar-refractivity contribution in [3.8, 4) is 0 Å². The number of carbonyl (C=O) groups is 1. The summed E-state index contributed by atoms with van der Waals surface area (Å²) in [6, 6.07) is -0.350. The van der Waals surface area contributed by atoms with Crippen molar-refractivity contribution in [2.45, 2.75) is 26.8 Å². The van der Waals surface area contributed by atoms with Gasteiger partial charge in [0.2, 0.25) is 0 Å². The molecule has 0 saturated carbocycles. The van der Waals surface area contributed by atoms with E-state index in [4.69, 9.17) is 4.74 Å². The maximum absolute atomic E-state index is 11.4. The Morgan fingerprint density at radius 1 is 1.79 bits per heavy atom. The van der Waals surface area contributed by atoms with Gasteiger partial charge in [0.05, 0.1) is 15.9 Å². The standard InChI is InChI=1S/C9H13IN2O2/c1-4-14-9(13)7(3)12-5-8(10)6(2)11-12/h5,7H,4H2,1-3H3/t7-/m0/s1. The highest BCUT2D eigenvalue weighted by atomic mass is 127. The van der Waals surface area contributed by atoms with E-state index in [0.717, 1.165) is 9.26 Å². The average Bonchev–Trinajstić information content (AvgIpc) is 2.46. The fraction of sp³-hybridized carbons (Fsp3) is 0.556. The molecule has 1 rings (SSSR count). The Morgan fingerprint density at radius 3 is 2.86 bits per heavy atom. The molecule has 1 atom stereocenters. The van der Waals surface area contributed by atoms with E-state index in [0.29, 0.717) is 6.61 Å². The number of nitrogens with zero attached hydrogens (tertiary/aromatic N) is 2. The van der Waals surface area contributed by atoms with Gasteiger partial charge in [-0.1, -0.05) is 0 Å². The highest BCUT2D eigenvalue weighted by Gasteiger charge is 2.17. The first-order valence-electron chi connectivity index (χ1n) is 4.44. The molecule has 0 aliphatic rings. The quantitative estimate of drug-likeness (QED) is 0.633. The molecular formula is C9H13IN2O2. The molecule has 0 N–H and O–H groups in total. The van der Waals surface area contributed by atoms with Gasteiger partial charge in [0.15, 0.2) is 0 Å². The maximum atomic E-state index is 11.4. The van der Waals surface area contributed by atoms with Crippen LogP contribution in [0, 0.1) is 10.5 Å². The van der Waals surface area contributed by atoms with Crippen molar-refractivity contribution in [2.75, 3.05) is 6.61 Å². The van der Waals surface area contributed by atoms with Crippen molar-refractivity contribution < 1.29 is 9.53 Å². The number of rotatable bonds is 3. The van der Waals surface area contributed by atoms with Crippen LogP contribution in [0.25, 0.3) is 0 Å². The second-order valence-corrected chi connectivity index (χ2v) is 4.13. The summed E-state index contributed by atoms with van der Waals surface area (Å²) in [6.45, 7) is 5.89. The Balaban J connectivity index is 2.78. The van der Waals surface area contributed by atoms with Gasteiger partial charge < -0.3 is 4.74 Å². The largest absolute Gasteiger partial charge is 0.464 e. The fourth-order valence-corrected chi connectivity index (χ4v) is 1.42. The molecule has 1 aromatic rings. The zero-order valence-corrected chi connectivity index (χ0v) is 10.6. The Kier molecular flexibility index (Phi) is 3.91. The van der Waals surface area contributed by atoms with Gasteiger partial charge in [0, 0.05) is 6.20 Å². The van der Waals surface area contributed by atoms with Crippen LogP contribution < -0.4 is 0 Å². The van der Waals surface area contributed by atoms with Crippen molar-refractivity contribution in [3.63, 3.8) is 0 Å². The van der Waals surface area contributed by atoms with Gasteiger partial charge in [-0.25, -0.2) is 4.79 Å². The summed E-state index contributed by atoms with van der Waals surface area (Å²) in [7, 11) is 0. The highest BCUT2D eigenvalue weighted by Crippen LogP contribution is 2.13. The molecule has 0 aliphatic heterocycles. The van der Waals surface area contributed by atoms with Gasteiger partial charge in [-0.15, -0.1) is 0 Å². The van der Waals surface area contributed by atoms with E-state index in [9.17, 15) is 4.79 Å². The molecule has 5 heteroatoms. The van der Waals surface area contributed by atoms with Crippen LogP contribution >= 0.6 is 22.6 Å². The average molecular weight is 308 g/mol. The minimum Gasteiger partial charge on any atom is -0.464 e. The van der Waals surface area contributed by atoms with Crippen LogP contribution in [0.4, 0.5) is 0 Å². The van der Waals surface area contributed by atoms with Crippen molar-refractivity contribution in [1.82, 2.24) is 9.78 Å². The van der Waals surface area contributed by atoms with E-state index in [-0.39, 0.29) is 12.0 Å². The van der Waals surface area contributed by atoms with Crippen LogP contribution in [-0.2, 0) is 9.53 Å². The highest BCUT2D eigenvalue weighted by molar-refractivity contribution is 14.1. The van der Waals surface area contributed by atoms with E-state index in [2.05, 4.69) is 27.7 Å². The van der Waals surface area contributed by atoms with Gasteiger partial charge in [-0.3, -0.25) is 4.68 Å². The van der Waals surface area contributed by atoms with Gasteiger partial charge in [-0.05, 0) is 43.4 Å². The SMILES string of the molecule is CCOC(=O)[C@H](C)n1cc(I)c(C)n1. The first kappa shape index (κ1) is 11.5. The molecule has 14 heavy (non-hydrogen) atoms. The molecule has 1 heterocycles. The first-order chi connectivity index (χ1) is 6.56. The summed E-state index contributed by atoms with van der Waals surface area (Å²) in [5.74, 6) is -0.244. The summed E-state index contributed by atoms with van der Waals surface area (Å²) in [6.07, 6.45) is 1.84. The van der Waals surface area contributed by atoms with E-state index >= 15 is 0 Å². The third-order valence-electron chi connectivity index (χ3n) is 1.88. The van der Waals surface area contributed by atoms with Crippen molar-refractivity contribution in [1.29, 1.82) is 0 Å². The summed E-state index contributed by atoms with van der Waals surface area (Å²) in [4.78, 5) is 11.4. The summed E-state index contributed by atoms with van der Waals surface area (Å²) in [5, 5.41) is 4.22. The molecule has 0 amide bonds. The van der Waals surface area contributed by atoms with Gasteiger partial charge >= 0.3 is 5.97 Å². The molecule has 78 valence electrons. The number of carbonyl (C=O) groups excluding carboxylic acids is 1. The third-order valence-corrected chi connectivity index (χ3v) is 2.94. The Morgan fingerprint density at radius 2 is 2.43 bits per heavy atom. The molecule has 0 spiro atoms. The van der Waals surface area contributed by atoms with Crippen LogP contribution in [0.15, 0.2) is 6.20 Å². The predicted octanol–water partition coefficient (Wildman–Crippen LogP) is 1.92. The van der Waals surface area contributed by atoms with Crippen LogP contribution in [0.2, 0.25) is 0 Å². The van der Waals surface area contributed by atoms with Crippen molar-refractivity contribution in [2.24, 2.45) is 0 Å². The van der Waals surface area contributed by atoms with E-state index < -0.39 is 0 Å². The Bertz CT molecular complexity index is 316. The second kappa shape index (κ2) is 4.77. The van der Waals surface area contributed by atoms with Crippen molar-refractivity contribution >= 4 is 28.6 Å². The van der Waals surface area contributed by atoms with Crippen molar-refractivity contribution in [3.05, 3.63) is 15.5 Å². The molecule has 0 bridgehead atoms. The number of aromatic nitrogens is 2. The van der Waals surface area contributed by atoms with E-state index in [1.165, 1.54) is 0 Å². The lowest BCUT2D eigenvalue weighted by Crippen LogP contribution is -2.19. The van der Waals surface area contributed by atoms with Gasteiger partial charge in [0.25, 0.3) is 0 Å². The molecule has 4 nitrogen and oxygen atoms in total. The maximum Gasteiger partial charge on any atom is 0.330 e. The lowest BCUT2D eigenvalue weighted by atomic mass is 10.3. The molecule has 0 aromatic carbocycles. The van der Waals surface area contributed by atoms with Crippen LogP contribution in [-0.4, -0.2) is 22.4 Å². The number of halogens is 1. The smallest absolute Gasteiger partial charge is 0.330 e. The van der Waals surface area contributed by atoms with E-state index in [1.54, 1.807) is 18.5 Å². The predicted molar refractivity (Wildman–Crippen MR) is 61.0 cm³/mol. The molecule has 0 unspecified atom stereocenters. The first-order valence-corrected chi connectivity index (χ1v) is 5.52. The summed E-state index contributed by atoms with van der Waals surface area (Å²) < 4.78 is 7.59. The summed E-state index contributed by atoms with van der Waals surface area (Å²) >= 11 is 2.19.